The summed E-state index contributed by atoms with van der Waals surface area (Å²) in [6.07, 6.45) is 0.767. The van der Waals surface area contributed by atoms with Crippen LogP contribution >= 0.6 is 0 Å². The van der Waals surface area contributed by atoms with Crippen LogP contribution in [-0.4, -0.2) is 43.3 Å². The van der Waals surface area contributed by atoms with Gasteiger partial charge < -0.3 is 19.9 Å². The molecular formula is C14H17NO5. The van der Waals surface area contributed by atoms with Crippen molar-refractivity contribution in [3.05, 3.63) is 29.8 Å². The van der Waals surface area contributed by atoms with E-state index in [4.69, 9.17) is 14.6 Å². The molecule has 1 atom stereocenters. The smallest absolute Gasteiger partial charge is 0.335 e. The Labute approximate surface area is 116 Å². The van der Waals surface area contributed by atoms with Gasteiger partial charge in [-0.25, -0.2) is 4.79 Å². The number of nitrogens with one attached hydrogen (secondary N) is 1. The van der Waals surface area contributed by atoms with E-state index >= 15 is 0 Å². The molecule has 2 N–H and O–H groups in total. The molecule has 1 aliphatic heterocycles. The molecule has 108 valence electrons. The lowest BCUT2D eigenvalue weighted by molar-refractivity contribution is -0.125. The first kappa shape index (κ1) is 14.3. The second kappa shape index (κ2) is 6.91. The van der Waals surface area contributed by atoms with Crippen LogP contribution in [0.5, 0.6) is 5.75 Å². The molecule has 6 heteroatoms. The van der Waals surface area contributed by atoms with Crippen molar-refractivity contribution in [3.63, 3.8) is 0 Å². The van der Waals surface area contributed by atoms with Crippen molar-refractivity contribution in [2.45, 2.75) is 6.42 Å². The van der Waals surface area contributed by atoms with E-state index in [0.29, 0.717) is 32.1 Å². The molecule has 1 unspecified atom stereocenters. The van der Waals surface area contributed by atoms with Crippen LogP contribution in [-0.2, 0) is 9.53 Å². The van der Waals surface area contributed by atoms with E-state index in [-0.39, 0.29) is 17.4 Å². The lowest BCUT2D eigenvalue weighted by atomic mass is 10.1. The molecule has 6 nitrogen and oxygen atoms in total. The summed E-state index contributed by atoms with van der Waals surface area (Å²) >= 11 is 0. The van der Waals surface area contributed by atoms with E-state index in [9.17, 15) is 9.59 Å². The number of carbonyl (C=O) groups excluding carboxylic acids is 1. The van der Waals surface area contributed by atoms with Gasteiger partial charge in [-0.1, -0.05) is 0 Å². The van der Waals surface area contributed by atoms with Crippen molar-refractivity contribution in [1.29, 1.82) is 0 Å². The molecule has 0 bridgehead atoms. The molecular weight excluding hydrogens is 262 g/mol. The number of ether oxygens (including phenoxy) is 2. The van der Waals surface area contributed by atoms with Gasteiger partial charge in [0.15, 0.2) is 0 Å². The number of hydrogen-bond acceptors (Lipinski definition) is 4. The topological polar surface area (TPSA) is 84.9 Å². The molecule has 1 heterocycles. The van der Waals surface area contributed by atoms with Gasteiger partial charge in [-0.3, -0.25) is 4.79 Å². The van der Waals surface area contributed by atoms with Crippen LogP contribution in [0.1, 0.15) is 16.8 Å². The molecule has 2 rings (SSSR count). The van der Waals surface area contributed by atoms with E-state index in [1.165, 1.54) is 12.1 Å². The first-order chi connectivity index (χ1) is 9.66. The van der Waals surface area contributed by atoms with Gasteiger partial charge in [-0.05, 0) is 30.7 Å². The Kier molecular flexibility index (Phi) is 4.95. The fourth-order valence-corrected chi connectivity index (χ4v) is 1.92. The van der Waals surface area contributed by atoms with Gasteiger partial charge in [0.05, 0.1) is 24.6 Å². The summed E-state index contributed by atoms with van der Waals surface area (Å²) in [7, 11) is 0. The number of hydrogen-bond donors (Lipinski definition) is 2. The number of rotatable bonds is 6. The van der Waals surface area contributed by atoms with Gasteiger partial charge >= 0.3 is 5.97 Å². The normalized spacial score (nSPS) is 17.7. The lowest BCUT2D eigenvalue weighted by Crippen LogP contribution is -2.33. The highest BCUT2D eigenvalue weighted by Crippen LogP contribution is 2.13. The zero-order valence-corrected chi connectivity index (χ0v) is 11.0. The molecule has 1 aromatic rings. The van der Waals surface area contributed by atoms with Crippen molar-refractivity contribution < 1.29 is 24.2 Å². The zero-order chi connectivity index (χ0) is 14.4. The van der Waals surface area contributed by atoms with Crippen LogP contribution in [0.3, 0.4) is 0 Å². The van der Waals surface area contributed by atoms with E-state index in [1.54, 1.807) is 12.1 Å². The molecule has 1 aromatic carbocycles. The number of amides is 1. The predicted octanol–water partition coefficient (Wildman–Crippen LogP) is 0.916. The van der Waals surface area contributed by atoms with E-state index in [1.807, 2.05) is 0 Å². The van der Waals surface area contributed by atoms with Crippen molar-refractivity contribution in [1.82, 2.24) is 5.32 Å². The van der Waals surface area contributed by atoms with Crippen LogP contribution in [0.25, 0.3) is 0 Å². The first-order valence-corrected chi connectivity index (χ1v) is 6.48. The summed E-state index contributed by atoms with van der Waals surface area (Å²) in [6, 6.07) is 6.14. The van der Waals surface area contributed by atoms with Crippen molar-refractivity contribution >= 4 is 11.9 Å². The number of benzene rings is 1. The van der Waals surface area contributed by atoms with Gasteiger partial charge in [-0.2, -0.15) is 0 Å². The summed E-state index contributed by atoms with van der Waals surface area (Å²) in [5, 5.41) is 11.5. The average Bonchev–Trinajstić information content (AvgIpc) is 2.98. The molecule has 0 aromatic heterocycles. The largest absolute Gasteiger partial charge is 0.492 e. The minimum atomic E-state index is -0.970. The summed E-state index contributed by atoms with van der Waals surface area (Å²) in [6.45, 7) is 1.88. The van der Waals surface area contributed by atoms with Crippen LogP contribution in [0, 0.1) is 5.92 Å². The van der Waals surface area contributed by atoms with Gasteiger partial charge in [0.2, 0.25) is 5.91 Å². The van der Waals surface area contributed by atoms with Gasteiger partial charge in [0.1, 0.15) is 12.4 Å². The monoisotopic (exact) mass is 279 g/mol. The summed E-state index contributed by atoms with van der Waals surface area (Å²) in [4.78, 5) is 22.3. The number of aromatic carboxylic acids is 1. The Balaban J connectivity index is 1.67. The van der Waals surface area contributed by atoms with Crippen molar-refractivity contribution in [2.24, 2.45) is 5.92 Å². The van der Waals surface area contributed by atoms with E-state index in [0.717, 1.165) is 6.42 Å². The Bertz CT molecular complexity index is 465. The fraction of sp³-hybridized carbons (Fsp3) is 0.429. The Hall–Kier alpha value is -2.08. The maximum Gasteiger partial charge on any atom is 0.335 e. The molecule has 1 aliphatic rings. The SMILES string of the molecule is O=C(O)c1ccc(OCCNC(=O)C2CCOC2)cc1. The summed E-state index contributed by atoms with van der Waals surface area (Å²) in [5.74, 6) is -0.451. The van der Waals surface area contributed by atoms with E-state index in [2.05, 4.69) is 5.32 Å². The molecule has 1 fully saturated rings. The van der Waals surface area contributed by atoms with Gasteiger partial charge in [-0.15, -0.1) is 0 Å². The third-order valence-electron chi connectivity index (χ3n) is 3.07. The van der Waals surface area contributed by atoms with Gasteiger partial charge in [0, 0.05) is 6.61 Å². The third kappa shape index (κ3) is 3.96. The second-order valence-electron chi connectivity index (χ2n) is 4.53. The predicted molar refractivity (Wildman–Crippen MR) is 70.8 cm³/mol. The van der Waals surface area contributed by atoms with E-state index < -0.39 is 5.97 Å². The highest BCUT2D eigenvalue weighted by atomic mass is 16.5. The highest BCUT2D eigenvalue weighted by molar-refractivity contribution is 5.87. The molecule has 0 saturated carbocycles. The Morgan fingerprint density at radius 2 is 2.10 bits per heavy atom. The lowest BCUT2D eigenvalue weighted by Gasteiger charge is -2.10. The second-order valence-corrected chi connectivity index (χ2v) is 4.53. The maximum absolute atomic E-state index is 11.7. The van der Waals surface area contributed by atoms with Crippen LogP contribution in [0.15, 0.2) is 24.3 Å². The van der Waals surface area contributed by atoms with Gasteiger partial charge in [0.25, 0.3) is 0 Å². The number of carboxylic acid groups (broad SMARTS) is 1. The Morgan fingerprint density at radius 3 is 2.70 bits per heavy atom. The molecule has 0 aliphatic carbocycles. The van der Waals surface area contributed by atoms with Crippen LogP contribution < -0.4 is 10.1 Å². The highest BCUT2D eigenvalue weighted by Gasteiger charge is 2.22. The van der Waals surface area contributed by atoms with Crippen molar-refractivity contribution in [3.8, 4) is 5.75 Å². The fourth-order valence-electron chi connectivity index (χ4n) is 1.92. The zero-order valence-electron chi connectivity index (χ0n) is 11.0. The Morgan fingerprint density at radius 1 is 1.35 bits per heavy atom. The minimum absolute atomic E-state index is 0.00711. The third-order valence-corrected chi connectivity index (χ3v) is 3.07. The standard InChI is InChI=1S/C14H17NO5/c16-13(11-5-7-19-9-11)15-6-8-20-12-3-1-10(2-4-12)14(17)18/h1-4,11H,5-9H2,(H,15,16)(H,17,18). The summed E-state index contributed by atoms with van der Waals surface area (Å²) < 4.78 is 10.6. The first-order valence-electron chi connectivity index (χ1n) is 6.48. The summed E-state index contributed by atoms with van der Waals surface area (Å²) in [5.41, 5.74) is 0.215. The molecule has 1 saturated heterocycles. The molecule has 20 heavy (non-hydrogen) atoms. The quantitative estimate of drug-likeness (QED) is 0.756. The number of carboxylic acids is 1. The molecule has 0 radical (unpaired) electrons. The molecule has 1 amide bonds. The van der Waals surface area contributed by atoms with Crippen LogP contribution in [0.4, 0.5) is 0 Å². The molecule has 0 spiro atoms. The van der Waals surface area contributed by atoms with Crippen LogP contribution in [0.2, 0.25) is 0 Å². The van der Waals surface area contributed by atoms with Crippen molar-refractivity contribution in [2.75, 3.05) is 26.4 Å². The minimum Gasteiger partial charge on any atom is -0.492 e. The number of carbonyl (C=O) groups is 2. The average molecular weight is 279 g/mol. The maximum atomic E-state index is 11.7.